The molecule has 0 saturated carbocycles. The lowest BCUT2D eigenvalue weighted by molar-refractivity contribution is 0.746. The quantitative estimate of drug-likeness (QED) is 0.548. The van der Waals surface area contributed by atoms with Crippen molar-refractivity contribution in [3.63, 3.8) is 0 Å². The molecule has 3 heterocycles. The normalized spacial score (nSPS) is 11.0. The molecule has 0 fully saturated rings. The number of anilines is 1. The Morgan fingerprint density at radius 1 is 1.05 bits per heavy atom. The largest absolute Gasteiger partial charge is 0.399 e. The van der Waals surface area contributed by atoms with Gasteiger partial charge in [-0.2, -0.15) is 9.61 Å². The standard InChI is InChI=1S/C13H10N8/c14-11-3-1-2-9(4-11)10-5-16-20(8-10)13-7-15-6-12-17-18-19-21(12)13/h1-8H,14H2. The van der Waals surface area contributed by atoms with Gasteiger partial charge in [0.1, 0.15) is 0 Å². The summed E-state index contributed by atoms with van der Waals surface area (Å²) in [5, 5.41) is 15.8. The van der Waals surface area contributed by atoms with Crippen LogP contribution < -0.4 is 5.73 Å². The molecule has 0 spiro atoms. The third-order valence-corrected chi connectivity index (χ3v) is 3.13. The molecule has 0 saturated heterocycles. The lowest BCUT2D eigenvalue weighted by Crippen LogP contribution is -2.04. The average Bonchev–Trinajstić information content (AvgIpc) is 3.16. The minimum atomic E-state index is 0.563. The molecular weight excluding hydrogens is 268 g/mol. The van der Waals surface area contributed by atoms with Crippen LogP contribution in [0.15, 0.2) is 49.1 Å². The Morgan fingerprint density at radius 3 is 2.90 bits per heavy atom. The minimum absolute atomic E-state index is 0.563. The van der Waals surface area contributed by atoms with Crippen molar-refractivity contribution in [2.24, 2.45) is 0 Å². The molecule has 0 radical (unpaired) electrons. The van der Waals surface area contributed by atoms with Gasteiger partial charge in [0.25, 0.3) is 0 Å². The van der Waals surface area contributed by atoms with E-state index in [-0.39, 0.29) is 0 Å². The zero-order valence-electron chi connectivity index (χ0n) is 10.8. The Kier molecular flexibility index (Phi) is 2.40. The molecule has 0 aliphatic rings. The van der Waals surface area contributed by atoms with E-state index >= 15 is 0 Å². The first-order valence-electron chi connectivity index (χ1n) is 6.24. The molecule has 0 bridgehead atoms. The van der Waals surface area contributed by atoms with Gasteiger partial charge in [-0.25, -0.2) is 4.68 Å². The van der Waals surface area contributed by atoms with Gasteiger partial charge in [-0.05, 0) is 28.1 Å². The van der Waals surface area contributed by atoms with Crippen molar-refractivity contribution < 1.29 is 0 Å². The molecule has 4 aromatic rings. The third kappa shape index (κ3) is 1.89. The number of aromatic nitrogens is 7. The van der Waals surface area contributed by atoms with Crippen LogP contribution in [-0.4, -0.2) is 34.8 Å². The summed E-state index contributed by atoms with van der Waals surface area (Å²) in [6.07, 6.45) is 6.89. The molecule has 0 atom stereocenters. The van der Waals surface area contributed by atoms with Gasteiger partial charge in [-0.3, -0.25) is 4.98 Å². The van der Waals surface area contributed by atoms with E-state index in [4.69, 9.17) is 5.73 Å². The number of nitrogen functional groups attached to an aromatic ring is 1. The summed E-state index contributed by atoms with van der Waals surface area (Å²) >= 11 is 0. The van der Waals surface area contributed by atoms with E-state index in [0.717, 1.165) is 11.1 Å². The first-order valence-corrected chi connectivity index (χ1v) is 6.24. The summed E-state index contributed by atoms with van der Waals surface area (Å²) in [5.41, 5.74) is 9.03. The van der Waals surface area contributed by atoms with E-state index in [9.17, 15) is 0 Å². The highest BCUT2D eigenvalue weighted by Crippen LogP contribution is 2.21. The van der Waals surface area contributed by atoms with Crippen LogP contribution in [0.3, 0.4) is 0 Å². The molecule has 2 N–H and O–H groups in total. The van der Waals surface area contributed by atoms with Crippen molar-refractivity contribution in [1.29, 1.82) is 0 Å². The Hall–Kier alpha value is -3.29. The summed E-state index contributed by atoms with van der Waals surface area (Å²) in [6, 6.07) is 7.63. The summed E-state index contributed by atoms with van der Waals surface area (Å²) in [5.74, 6) is 0.660. The molecule has 1 aromatic carbocycles. The van der Waals surface area contributed by atoms with Gasteiger partial charge in [-0.15, -0.1) is 5.10 Å². The number of hydrogen-bond acceptors (Lipinski definition) is 6. The van der Waals surface area contributed by atoms with E-state index in [1.165, 1.54) is 0 Å². The van der Waals surface area contributed by atoms with Gasteiger partial charge in [0.2, 0.25) is 0 Å². The van der Waals surface area contributed by atoms with Crippen LogP contribution in [0.5, 0.6) is 0 Å². The van der Waals surface area contributed by atoms with Gasteiger partial charge in [0, 0.05) is 17.4 Å². The van der Waals surface area contributed by atoms with E-state index in [0.29, 0.717) is 17.2 Å². The second-order valence-corrected chi connectivity index (χ2v) is 4.51. The highest BCUT2D eigenvalue weighted by molar-refractivity contribution is 5.66. The zero-order valence-corrected chi connectivity index (χ0v) is 10.8. The summed E-state index contributed by atoms with van der Waals surface area (Å²) in [7, 11) is 0. The maximum Gasteiger partial charge on any atom is 0.199 e. The molecule has 0 amide bonds. The fourth-order valence-corrected chi connectivity index (χ4v) is 2.13. The molecule has 4 rings (SSSR count). The zero-order chi connectivity index (χ0) is 14.2. The predicted molar refractivity (Wildman–Crippen MR) is 75.5 cm³/mol. The number of hydrogen-bond donors (Lipinski definition) is 1. The van der Waals surface area contributed by atoms with Gasteiger partial charge in [0.15, 0.2) is 11.5 Å². The van der Waals surface area contributed by atoms with E-state index in [2.05, 4.69) is 25.6 Å². The lowest BCUT2D eigenvalue weighted by Gasteiger charge is -2.01. The molecule has 0 aliphatic heterocycles. The van der Waals surface area contributed by atoms with Gasteiger partial charge >= 0.3 is 0 Å². The van der Waals surface area contributed by atoms with Crippen molar-refractivity contribution >= 4 is 11.3 Å². The molecule has 8 nitrogen and oxygen atoms in total. The maximum absolute atomic E-state index is 5.81. The van der Waals surface area contributed by atoms with Gasteiger partial charge in [-0.1, -0.05) is 12.1 Å². The maximum atomic E-state index is 5.81. The average molecular weight is 278 g/mol. The van der Waals surface area contributed by atoms with Crippen molar-refractivity contribution in [2.75, 3.05) is 5.73 Å². The van der Waals surface area contributed by atoms with E-state index < -0.39 is 0 Å². The number of nitrogens with two attached hydrogens (primary N) is 1. The Morgan fingerprint density at radius 2 is 2.00 bits per heavy atom. The predicted octanol–water partition coefficient (Wildman–Crippen LogP) is 0.954. The number of benzene rings is 1. The first kappa shape index (κ1) is 11.5. The highest BCUT2D eigenvalue weighted by Gasteiger charge is 2.09. The van der Waals surface area contributed by atoms with Crippen LogP contribution in [-0.2, 0) is 0 Å². The molecule has 8 heteroatoms. The number of rotatable bonds is 2. The van der Waals surface area contributed by atoms with Crippen LogP contribution in [0.2, 0.25) is 0 Å². The molecule has 21 heavy (non-hydrogen) atoms. The van der Waals surface area contributed by atoms with E-state index in [1.807, 2.05) is 30.5 Å². The third-order valence-electron chi connectivity index (χ3n) is 3.13. The highest BCUT2D eigenvalue weighted by atomic mass is 15.5. The van der Waals surface area contributed by atoms with Gasteiger partial charge < -0.3 is 5.73 Å². The summed E-state index contributed by atoms with van der Waals surface area (Å²) < 4.78 is 3.25. The monoisotopic (exact) mass is 278 g/mol. The molecule has 102 valence electrons. The van der Waals surface area contributed by atoms with Gasteiger partial charge in [0.05, 0.1) is 18.6 Å². The van der Waals surface area contributed by atoms with Crippen LogP contribution in [0.4, 0.5) is 5.69 Å². The Bertz CT molecular complexity index is 922. The van der Waals surface area contributed by atoms with Crippen molar-refractivity contribution in [3.05, 3.63) is 49.1 Å². The van der Waals surface area contributed by atoms with Crippen LogP contribution >= 0.6 is 0 Å². The summed E-state index contributed by atoms with van der Waals surface area (Å²) in [6.45, 7) is 0. The number of nitrogens with zero attached hydrogens (tertiary/aromatic N) is 7. The van der Waals surface area contributed by atoms with Crippen molar-refractivity contribution in [2.45, 2.75) is 0 Å². The van der Waals surface area contributed by atoms with Crippen LogP contribution in [0.25, 0.3) is 22.6 Å². The van der Waals surface area contributed by atoms with Crippen LogP contribution in [0, 0.1) is 0 Å². The number of fused-ring (bicyclic) bond motifs is 1. The van der Waals surface area contributed by atoms with Crippen LogP contribution in [0.1, 0.15) is 0 Å². The second-order valence-electron chi connectivity index (χ2n) is 4.51. The Labute approximate surface area is 118 Å². The minimum Gasteiger partial charge on any atom is -0.399 e. The van der Waals surface area contributed by atoms with Crippen molar-refractivity contribution in [3.8, 4) is 16.9 Å². The molecule has 0 aliphatic carbocycles. The molecule has 0 unspecified atom stereocenters. The molecule has 3 aromatic heterocycles. The number of tetrazole rings is 1. The molecular formula is C13H10N8. The smallest absolute Gasteiger partial charge is 0.199 e. The summed E-state index contributed by atoms with van der Waals surface area (Å²) in [4.78, 5) is 4.11. The lowest BCUT2D eigenvalue weighted by atomic mass is 10.1. The Balaban J connectivity index is 1.83. The SMILES string of the molecule is Nc1cccc(-c2cnn(-c3cncc4nnnn34)c2)c1. The first-order chi connectivity index (χ1) is 10.3. The second kappa shape index (κ2) is 4.37. The fraction of sp³-hybridized carbons (Fsp3) is 0. The van der Waals surface area contributed by atoms with E-state index in [1.54, 1.807) is 27.8 Å². The fourth-order valence-electron chi connectivity index (χ4n) is 2.13. The topological polar surface area (TPSA) is 99.8 Å². The van der Waals surface area contributed by atoms with Crippen molar-refractivity contribution in [1.82, 2.24) is 34.8 Å².